The van der Waals surface area contributed by atoms with Crippen LogP contribution in [0.3, 0.4) is 0 Å². The average Bonchev–Trinajstić information content (AvgIpc) is 2.84. The van der Waals surface area contributed by atoms with Gasteiger partial charge in [0.15, 0.2) is 5.65 Å². The van der Waals surface area contributed by atoms with Gasteiger partial charge in [0.2, 0.25) is 0 Å². The average molecular weight is 340 g/mol. The van der Waals surface area contributed by atoms with Gasteiger partial charge in [0.1, 0.15) is 22.6 Å². The minimum Gasteiger partial charge on any atom is -0.383 e. The fourth-order valence-corrected chi connectivity index (χ4v) is 2.62. The number of nitriles is 1. The second-order valence-corrected chi connectivity index (χ2v) is 5.25. The van der Waals surface area contributed by atoms with Gasteiger partial charge in [-0.2, -0.15) is 14.9 Å². The quantitative estimate of drug-likeness (QED) is 0.687. The van der Waals surface area contributed by atoms with Crippen molar-refractivity contribution in [2.75, 3.05) is 5.73 Å². The third-order valence-corrected chi connectivity index (χ3v) is 3.57. The van der Waals surface area contributed by atoms with E-state index in [4.69, 9.17) is 45.8 Å². The number of anilines is 1. The summed E-state index contributed by atoms with van der Waals surface area (Å²) in [5.74, 6) is 0.184. The molecule has 2 N–H and O–H groups in total. The maximum absolute atomic E-state index is 8.99. The first-order valence-corrected chi connectivity index (χ1v) is 6.70. The first-order chi connectivity index (χ1) is 10.0. The fourth-order valence-electron chi connectivity index (χ4n) is 1.88. The van der Waals surface area contributed by atoms with Crippen LogP contribution in [0.15, 0.2) is 18.5 Å². The first kappa shape index (κ1) is 13.9. The number of hydrogen-bond donors (Lipinski definition) is 1. The van der Waals surface area contributed by atoms with E-state index in [-0.39, 0.29) is 27.2 Å². The van der Waals surface area contributed by atoms with Crippen molar-refractivity contribution in [1.29, 1.82) is 5.26 Å². The Kier molecular flexibility index (Phi) is 3.33. The van der Waals surface area contributed by atoms with E-state index in [9.17, 15) is 0 Å². The molecule has 0 aliphatic heterocycles. The number of aromatic nitrogens is 4. The van der Waals surface area contributed by atoms with Gasteiger partial charge in [0.25, 0.3) is 0 Å². The topological polar surface area (TPSA) is 92.9 Å². The van der Waals surface area contributed by atoms with Crippen molar-refractivity contribution in [2.45, 2.75) is 0 Å². The predicted octanol–water partition coefficient (Wildman–Crippen LogP) is 3.21. The molecule has 0 saturated heterocycles. The third-order valence-electron chi connectivity index (χ3n) is 2.80. The van der Waals surface area contributed by atoms with Crippen molar-refractivity contribution < 1.29 is 0 Å². The van der Waals surface area contributed by atoms with Gasteiger partial charge in [-0.15, -0.1) is 0 Å². The summed E-state index contributed by atoms with van der Waals surface area (Å²) >= 11 is 18.1. The standard InChI is InChI=1S/C12H5Cl3N6/c13-6-1-7(14)9(18-4-6)8-10(15)20-12-5(2-16)3-19-21(12)11(8)17/h1,3-4H,17H2. The van der Waals surface area contributed by atoms with Gasteiger partial charge >= 0.3 is 0 Å². The molecule has 0 unspecified atom stereocenters. The maximum Gasteiger partial charge on any atom is 0.176 e. The van der Waals surface area contributed by atoms with Crippen LogP contribution < -0.4 is 5.73 Å². The zero-order chi connectivity index (χ0) is 15.1. The minimum atomic E-state index is 0.0775. The highest BCUT2D eigenvalue weighted by atomic mass is 35.5. The highest BCUT2D eigenvalue weighted by Crippen LogP contribution is 2.36. The fraction of sp³-hybridized carbons (Fsp3) is 0. The van der Waals surface area contributed by atoms with E-state index in [2.05, 4.69) is 15.1 Å². The Bertz CT molecular complexity index is 911. The number of rotatable bonds is 1. The van der Waals surface area contributed by atoms with Crippen LogP contribution >= 0.6 is 34.8 Å². The number of nitrogen functional groups attached to an aromatic ring is 1. The van der Waals surface area contributed by atoms with Crippen molar-refractivity contribution in [2.24, 2.45) is 0 Å². The van der Waals surface area contributed by atoms with E-state index in [0.29, 0.717) is 16.3 Å². The van der Waals surface area contributed by atoms with Crippen molar-refractivity contribution in [3.8, 4) is 17.3 Å². The summed E-state index contributed by atoms with van der Waals surface area (Å²) in [6, 6.07) is 3.49. The van der Waals surface area contributed by atoms with Crippen molar-refractivity contribution >= 4 is 46.3 Å². The van der Waals surface area contributed by atoms with Gasteiger partial charge < -0.3 is 5.73 Å². The number of halogens is 3. The Hall–Kier alpha value is -2.07. The third kappa shape index (κ3) is 2.16. The van der Waals surface area contributed by atoms with Gasteiger partial charge in [0.05, 0.1) is 27.5 Å². The highest BCUT2D eigenvalue weighted by Gasteiger charge is 2.20. The molecule has 0 aromatic carbocycles. The second kappa shape index (κ2) is 5.04. The number of fused-ring (bicyclic) bond motifs is 1. The molecule has 3 aromatic heterocycles. The zero-order valence-corrected chi connectivity index (χ0v) is 12.4. The van der Waals surface area contributed by atoms with Gasteiger partial charge in [-0.1, -0.05) is 34.8 Å². The number of nitrogens with zero attached hydrogens (tertiary/aromatic N) is 5. The molecule has 0 saturated carbocycles. The molecule has 3 aromatic rings. The lowest BCUT2D eigenvalue weighted by molar-refractivity contribution is 0.953. The SMILES string of the molecule is N#Cc1cnn2c(N)c(-c3ncc(Cl)cc3Cl)c(Cl)nc12. The summed E-state index contributed by atoms with van der Waals surface area (Å²) in [6.07, 6.45) is 2.78. The van der Waals surface area contributed by atoms with E-state index in [1.54, 1.807) is 0 Å². The highest BCUT2D eigenvalue weighted by molar-refractivity contribution is 6.37. The van der Waals surface area contributed by atoms with Crippen LogP contribution in [-0.4, -0.2) is 19.6 Å². The molecule has 0 atom stereocenters. The first-order valence-electron chi connectivity index (χ1n) is 5.57. The number of hydrogen-bond acceptors (Lipinski definition) is 5. The molecule has 3 heterocycles. The Labute approximate surface area is 133 Å². The Morgan fingerprint density at radius 2 is 2.00 bits per heavy atom. The number of pyridine rings is 1. The molecule has 21 heavy (non-hydrogen) atoms. The zero-order valence-electron chi connectivity index (χ0n) is 10.2. The van der Waals surface area contributed by atoms with Crippen LogP contribution in [0.4, 0.5) is 5.82 Å². The van der Waals surface area contributed by atoms with Gasteiger partial charge in [-0.25, -0.2) is 4.98 Å². The molecule has 3 rings (SSSR count). The largest absolute Gasteiger partial charge is 0.383 e. The summed E-state index contributed by atoms with van der Waals surface area (Å²) in [6.45, 7) is 0. The van der Waals surface area contributed by atoms with Crippen molar-refractivity contribution in [3.05, 3.63) is 39.2 Å². The van der Waals surface area contributed by atoms with Crippen LogP contribution in [0.25, 0.3) is 16.9 Å². The monoisotopic (exact) mass is 338 g/mol. The molecule has 6 nitrogen and oxygen atoms in total. The molecule has 0 radical (unpaired) electrons. The lowest BCUT2D eigenvalue weighted by Crippen LogP contribution is -2.05. The molecule has 0 aliphatic carbocycles. The second-order valence-electron chi connectivity index (χ2n) is 4.05. The Balaban J connectivity index is 2.36. The molecule has 0 fully saturated rings. The van der Waals surface area contributed by atoms with Crippen LogP contribution in [0.5, 0.6) is 0 Å². The summed E-state index contributed by atoms with van der Waals surface area (Å²) in [4.78, 5) is 8.27. The van der Waals surface area contributed by atoms with Gasteiger partial charge in [-0.05, 0) is 6.07 Å². The molecular formula is C12H5Cl3N6. The van der Waals surface area contributed by atoms with E-state index < -0.39 is 0 Å². The molecular weight excluding hydrogens is 335 g/mol. The van der Waals surface area contributed by atoms with Crippen molar-refractivity contribution in [1.82, 2.24) is 19.6 Å². The Morgan fingerprint density at radius 3 is 2.67 bits per heavy atom. The van der Waals surface area contributed by atoms with Crippen LogP contribution in [0, 0.1) is 11.3 Å². The molecule has 104 valence electrons. The molecule has 0 spiro atoms. The van der Waals surface area contributed by atoms with E-state index in [1.165, 1.54) is 23.0 Å². The minimum absolute atomic E-state index is 0.0775. The van der Waals surface area contributed by atoms with E-state index in [0.717, 1.165) is 0 Å². The summed E-state index contributed by atoms with van der Waals surface area (Å²) in [5, 5.41) is 13.8. The lowest BCUT2D eigenvalue weighted by atomic mass is 10.2. The maximum atomic E-state index is 8.99. The molecule has 0 amide bonds. The van der Waals surface area contributed by atoms with E-state index in [1.807, 2.05) is 6.07 Å². The molecule has 0 bridgehead atoms. The van der Waals surface area contributed by atoms with Crippen molar-refractivity contribution in [3.63, 3.8) is 0 Å². The lowest BCUT2D eigenvalue weighted by Gasteiger charge is -2.10. The summed E-state index contributed by atoms with van der Waals surface area (Å²) in [7, 11) is 0. The molecule has 0 aliphatic rings. The number of nitrogens with two attached hydrogens (primary N) is 1. The summed E-state index contributed by atoms with van der Waals surface area (Å²) < 4.78 is 1.31. The van der Waals surface area contributed by atoms with Crippen LogP contribution in [0.1, 0.15) is 5.56 Å². The molecule has 9 heteroatoms. The van der Waals surface area contributed by atoms with Gasteiger partial charge in [-0.3, -0.25) is 4.98 Å². The van der Waals surface area contributed by atoms with Crippen LogP contribution in [0.2, 0.25) is 15.2 Å². The van der Waals surface area contributed by atoms with Gasteiger partial charge in [0, 0.05) is 6.20 Å². The van der Waals surface area contributed by atoms with E-state index >= 15 is 0 Å². The van der Waals surface area contributed by atoms with Crippen LogP contribution in [-0.2, 0) is 0 Å². The Morgan fingerprint density at radius 1 is 1.24 bits per heavy atom. The predicted molar refractivity (Wildman–Crippen MR) is 80.4 cm³/mol. The summed E-state index contributed by atoms with van der Waals surface area (Å²) in [5.41, 5.74) is 7.27. The smallest absolute Gasteiger partial charge is 0.176 e. The normalized spacial score (nSPS) is 10.8.